The van der Waals surface area contributed by atoms with E-state index in [4.69, 9.17) is 4.74 Å². The van der Waals surface area contributed by atoms with Gasteiger partial charge in [-0.1, -0.05) is 6.92 Å². The van der Waals surface area contributed by atoms with Gasteiger partial charge in [-0.05, 0) is 41.0 Å². The molecule has 1 aromatic heterocycles. The highest BCUT2D eigenvalue weighted by Crippen LogP contribution is 2.24. The summed E-state index contributed by atoms with van der Waals surface area (Å²) in [6, 6.07) is 1.95. The van der Waals surface area contributed by atoms with Crippen molar-refractivity contribution in [2.45, 2.75) is 13.8 Å². The minimum Gasteiger partial charge on any atom is -0.476 e. The molecule has 0 aliphatic heterocycles. The number of aromatic nitrogens is 1. The van der Waals surface area contributed by atoms with Crippen LogP contribution in [-0.2, 0) is 0 Å². The number of rotatable bonds is 5. The van der Waals surface area contributed by atoms with Crippen LogP contribution in [0.1, 0.15) is 12.5 Å². The van der Waals surface area contributed by atoms with Gasteiger partial charge in [0.25, 0.3) is 0 Å². The number of hydrogen-bond donors (Lipinski definition) is 1. The van der Waals surface area contributed by atoms with E-state index in [1.807, 2.05) is 13.0 Å². The van der Waals surface area contributed by atoms with Crippen LogP contribution in [0.4, 0.5) is 0 Å². The Morgan fingerprint density at radius 2 is 2.36 bits per heavy atom. The Kier molecular flexibility index (Phi) is 4.90. The van der Waals surface area contributed by atoms with Gasteiger partial charge in [-0.25, -0.2) is 4.98 Å². The zero-order chi connectivity index (χ0) is 10.4. The van der Waals surface area contributed by atoms with E-state index in [1.54, 1.807) is 6.20 Å². The van der Waals surface area contributed by atoms with Crippen molar-refractivity contribution in [3.8, 4) is 5.88 Å². The predicted octanol–water partition coefficient (Wildman–Crippen LogP) is 2.14. The summed E-state index contributed by atoms with van der Waals surface area (Å²) >= 11 is 3.44. The molecule has 1 N–H and O–H groups in total. The molecule has 4 heteroatoms. The van der Waals surface area contributed by atoms with E-state index in [-0.39, 0.29) is 0 Å². The molecule has 0 saturated carbocycles. The zero-order valence-electron chi connectivity index (χ0n) is 8.51. The lowest BCUT2D eigenvalue weighted by molar-refractivity contribution is 0.301. The lowest BCUT2D eigenvalue weighted by Gasteiger charge is -2.08. The summed E-state index contributed by atoms with van der Waals surface area (Å²) < 4.78 is 6.44. The van der Waals surface area contributed by atoms with Crippen LogP contribution in [0.2, 0.25) is 0 Å². The van der Waals surface area contributed by atoms with E-state index in [1.165, 1.54) is 0 Å². The first-order valence-electron chi connectivity index (χ1n) is 4.70. The average Bonchev–Trinajstić information content (AvgIpc) is 2.19. The molecule has 1 aromatic rings. The molecule has 0 spiro atoms. The quantitative estimate of drug-likeness (QED) is 0.822. The highest BCUT2D eigenvalue weighted by atomic mass is 79.9. The molecule has 0 aromatic carbocycles. The van der Waals surface area contributed by atoms with Gasteiger partial charge in [0.1, 0.15) is 6.61 Å². The van der Waals surface area contributed by atoms with Crippen LogP contribution in [0, 0.1) is 6.92 Å². The van der Waals surface area contributed by atoms with Gasteiger partial charge < -0.3 is 10.1 Å². The van der Waals surface area contributed by atoms with E-state index in [9.17, 15) is 0 Å². The third-order valence-corrected chi connectivity index (χ3v) is 2.78. The summed E-state index contributed by atoms with van der Waals surface area (Å²) in [5.74, 6) is 0.669. The normalized spacial score (nSPS) is 10.2. The molecule has 3 nitrogen and oxygen atoms in total. The fourth-order valence-electron chi connectivity index (χ4n) is 1.01. The summed E-state index contributed by atoms with van der Waals surface area (Å²) in [5.41, 5.74) is 1.14. The Bertz CT molecular complexity index is 291. The molecule has 1 rings (SSSR count). The number of aryl methyl sites for hydroxylation is 1. The molecule has 0 aliphatic carbocycles. The number of likely N-dealkylation sites (N-methyl/N-ethyl adjacent to an activating group) is 1. The zero-order valence-corrected chi connectivity index (χ0v) is 10.1. The number of nitrogens with zero attached hydrogens (tertiary/aromatic N) is 1. The maximum Gasteiger partial charge on any atom is 0.228 e. The maximum atomic E-state index is 5.50. The highest BCUT2D eigenvalue weighted by molar-refractivity contribution is 9.10. The molecule has 0 fully saturated rings. The first kappa shape index (κ1) is 11.5. The molecular weight excluding hydrogens is 244 g/mol. The van der Waals surface area contributed by atoms with Gasteiger partial charge in [-0.15, -0.1) is 0 Å². The van der Waals surface area contributed by atoms with E-state index in [0.717, 1.165) is 23.1 Å². The molecule has 14 heavy (non-hydrogen) atoms. The standard InChI is InChI=1S/C10H15BrN2O/c1-3-12-6-7-14-10-9(11)8(2)4-5-13-10/h4-5,12H,3,6-7H2,1-2H3. The second-order valence-electron chi connectivity index (χ2n) is 2.95. The summed E-state index contributed by atoms with van der Waals surface area (Å²) in [4.78, 5) is 4.14. The van der Waals surface area contributed by atoms with Crippen molar-refractivity contribution < 1.29 is 4.74 Å². The Morgan fingerprint density at radius 1 is 1.57 bits per heavy atom. The smallest absolute Gasteiger partial charge is 0.228 e. The van der Waals surface area contributed by atoms with Crippen molar-refractivity contribution in [2.24, 2.45) is 0 Å². The van der Waals surface area contributed by atoms with E-state index < -0.39 is 0 Å². The fraction of sp³-hybridized carbons (Fsp3) is 0.500. The Labute approximate surface area is 93.0 Å². The summed E-state index contributed by atoms with van der Waals surface area (Å²) in [6.45, 7) is 6.54. The van der Waals surface area contributed by atoms with Gasteiger partial charge in [0, 0.05) is 12.7 Å². The average molecular weight is 259 g/mol. The highest BCUT2D eigenvalue weighted by Gasteiger charge is 2.03. The second kappa shape index (κ2) is 5.98. The summed E-state index contributed by atoms with van der Waals surface area (Å²) in [7, 11) is 0. The number of hydrogen-bond acceptors (Lipinski definition) is 3. The molecule has 0 amide bonds. The minimum absolute atomic E-state index is 0.642. The van der Waals surface area contributed by atoms with Crippen LogP contribution in [-0.4, -0.2) is 24.7 Å². The monoisotopic (exact) mass is 258 g/mol. The summed E-state index contributed by atoms with van der Waals surface area (Å²) in [6.07, 6.45) is 1.75. The molecule has 0 saturated heterocycles. The van der Waals surface area contributed by atoms with Crippen molar-refractivity contribution in [3.05, 3.63) is 22.3 Å². The number of nitrogens with one attached hydrogen (secondary N) is 1. The van der Waals surface area contributed by atoms with E-state index >= 15 is 0 Å². The Hall–Kier alpha value is -0.610. The van der Waals surface area contributed by atoms with Gasteiger partial charge in [0.2, 0.25) is 5.88 Å². The van der Waals surface area contributed by atoms with Crippen molar-refractivity contribution in [2.75, 3.05) is 19.7 Å². The topological polar surface area (TPSA) is 34.1 Å². The molecule has 78 valence electrons. The molecular formula is C10H15BrN2O. The number of pyridine rings is 1. The van der Waals surface area contributed by atoms with Crippen LogP contribution in [0.25, 0.3) is 0 Å². The predicted molar refractivity (Wildman–Crippen MR) is 60.7 cm³/mol. The molecule has 0 bridgehead atoms. The van der Waals surface area contributed by atoms with Crippen LogP contribution in [0.15, 0.2) is 16.7 Å². The van der Waals surface area contributed by atoms with Crippen LogP contribution >= 0.6 is 15.9 Å². The van der Waals surface area contributed by atoms with Crippen LogP contribution in [0.3, 0.4) is 0 Å². The second-order valence-corrected chi connectivity index (χ2v) is 3.74. The largest absolute Gasteiger partial charge is 0.476 e. The van der Waals surface area contributed by atoms with Crippen molar-refractivity contribution in [1.29, 1.82) is 0 Å². The first-order chi connectivity index (χ1) is 6.75. The van der Waals surface area contributed by atoms with Crippen molar-refractivity contribution in [3.63, 3.8) is 0 Å². The fourth-order valence-corrected chi connectivity index (χ4v) is 1.36. The molecule has 0 radical (unpaired) electrons. The van der Waals surface area contributed by atoms with Gasteiger partial charge in [0.05, 0.1) is 4.47 Å². The van der Waals surface area contributed by atoms with Crippen LogP contribution < -0.4 is 10.1 Å². The Balaban J connectivity index is 2.46. The van der Waals surface area contributed by atoms with Gasteiger partial charge in [0.15, 0.2) is 0 Å². The SMILES string of the molecule is CCNCCOc1nccc(C)c1Br. The maximum absolute atomic E-state index is 5.50. The molecule has 1 heterocycles. The minimum atomic E-state index is 0.642. The number of ether oxygens (including phenoxy) is 1. The van der Waals surface area contributed by atoms with Crippen molar-refractivity contribution in [1.82, 2.24) is 10.3 Å². The lowest BCUT2D eigenvalue weighted by Crippen LogP contribution is -2.20. The van der Waals surface area contributed by atoms with Gasteiger partial charge in [-0.3, -0.25) is 0 Å². The van der Waals surface area contributed by atoms with Gasteiger partial charge >= 0.3 is 0 Å². The molecule has 0 aliphatic rings. The van der Waals surface area contributed by atoms with Crippen LogP contribution in [0.5, 0.6) is 5.88 Å². The van der Waals surface area contributed by atoms with E-state index in [0.29, 0.717) is 12.5 Å². The Morgan fingerprint density at radius 3 is 3.07 bits per heavy atom. The third-order valence-electron chi connectivity index (χ3n) is 1.82. The molecule has 0 atom stereocenters. The third kappa shape index (κ3) is 3.27. The number of halogens is 1. The van der Waals surface area contributed by atoms with Crippen molar-refractivity contribution >= 4 is 15.9 Å². The van der Waals surface area contributed by atoms with Gasteiger partial charge in [-0.2, -0.15) is 0 Å². The summed E-state index contributed by atoms with van der Waals surface area (Å²) in [5, 5.41) is 3.18. The van der Waals surface area contributed by atoms with E-state index in [2.05, 4.69) is 33.2 Å². The molecule has 0 unspecified atom stereocenters. The first-order valence-corrected chi connectivity index (χ1v) is 5.49. The lowest BCUT2D eigenvalue weighted by atomic mass is 10.3.